The maximum atomic E-state index is 7.83. The Kier molecular flexibility index (Phi) is 5.19. The molecule has 3 heterocycles. The molecular weight excluding hydrogens is 402 g/mol. The van der Waals surface area contributed by atoms with Gasteiger partial charge < -0.3 is 14.4 Å². The quantitative estimate of drug-likeness (QED) is 0.479. The number of rotatable bonds is 5. The summed E-state index contributed by atoms with van der Waals surface area (Å²) in [6.07, 6.45) is 3.33. The summed E-state index contributed by atoms with van der Waals surface area (Å²) in [6.45, 7) is 5.05. The van der Waals surface area contributed by atoms with Crippen molar-refractivity contribution in [3.63, 3.8) is 0 Å². The van der Waals surface area contributed by atoms with Gasteiger partial charge in [0.05, 0.1) is 30.9 Å². The van der Waals surface area contributed by atoms with E-state index in [1.165, 1.54) is 16.7 Å². The van der Waals surface area contributed by atoms with E-state index in [4.69, 9.17) is 20.3 Å². The molecule has 0 bridgehead atoms. The molecule has 2 N–H and O–H groups in total. The van der Waals surface area contributed by atoms with E-state index in [2.05, 4.69) is 70.3 Å². The van der Waals surface area contributed by atoms with Crippen LogP contribution in [0.5, 0.6) is 0 Å². The van der Waals surface area contributed by atoms with Gasteiger partial charge in [0.25, 0.3) is 5.90 Å². The fraction of sp³-hybridized carbons (Fsp3) is 0.280. The summed E-state index contributed by atoms with van der Waals surface area (Å²) in [4.78, 5) is 11.0. The maximum Gasteiger partial charge on any atom is 0.258 e. The number of fused-ring (bicyclic) bond motifs is 1. The van der Waals surface area contributed by atoms with Crippen molar-refractivity contribution >= 4 is 18.0 Å². The van der Waals surface area contributed by atoms with Crippen molar-refractivity contribution in [2.45, 2.75) is 25.3 Å². The molecule has 7 nitrogen and oxygen atoms in total. The predicted octanol–water partition coefficient (Wildman–Crippen LogP) is 3.61. The molecule has 2 aromatic carbocycles. The molecule has 2 aliphatic rings. The van der Waals surface area contributed by atoms with Crippen molar-refractivity contribution in [1.29, 1.82) is 10.8 Å². The highest BCUT2D eigenvalue weighted by Crippen LogP contribution is 2.40. The van der Waals surface area contributed by atoms with Gasteiger partial charge >= 0.3 is 0 Å². The molecule has 1 saturated heterocycles. The number of aromatic nitrogens is 2. The number of hydrogen-bond donors (Lipinski definition) is 2. The molecule has 0 saturated carbocycles. The van der Waals surface area contributed by atoms with Crippen molar-refractivity contribution < 1.29 is 9.47 Å². The monoisotopic (exact) mass is 427 g/mol. The highest BCUT2D eigenvalue weighted by molar-refractivity contribution is 5.91. The molecule has 7 heteroatoms. The molecule has 1 fully saturated rings. The molecule has 0 atom stereocenters. The summed E-state index contributed by atoms with van der Waals surface area (Å²) in [5.74, 6) is -0.0112. The van der Waals surface area contributed by atoms with Crippen LogP contribution in [0.3, 0.4) is 0 Å². The van der Waals surface area contributed by atoms with Gasteiger partial charge in [0, 0.05) is 18.4 Å². The molecule has 0 amide bonds. The summed E-state index contributed by atoms with van der Waals surface area (Å²) in [6, 6.07) is 17.5. The lowest BCUT2D eigenvalue weighted by Gasteiger charge is -2.43. The van der Waals surface area contributed by atoms with Crippen LogP contribution >= 0.6 is 0 Å². The fourth-order valence-electron chi connectivity index (χ4n) is 4.41. The van der Waals surface area contributed by atoms with Gasteiger partial charge in [-0.15, -0.1) is 0 Å². The Morgan fingerprint density at radius 1 is 1.09 bits per heavy atom. The lowest BCUT2D eigenvalue weighted by molar-refractivity contribution is -0.0379. The number of aryl methyl sites for hydroxylation is 1. The summed E-state index contributed by atoms with van der Waals surface area (Å²) in [7, 11) is 0. The predicted molar refractivity (Wildman–Crippen MR) is 123 cm³/mol. The van der Waals surface area contributed by atoms with E-state index >= 15 is 0 Å². The smallest absolute Gasteiger partial charge is 0.258 e. The van der Waals surface area contributed by atoms with Crippen LogP contribution in [-0.4, -0.2) is 42.0 Å². The Balaban J connectivity index is 1.37. The lowest BCUT2D eigenvalue weighted by Crippen LogP contribution is -2.47. The van der Waals surface area contributed by atoms with Crippen molar-refractivity contribution in [3.8, 4) is 0 Å². The van der Waals surface area contributed by atoms with E-state index in [0.29, 0.717) is 19.8 Å². The van der Waals surface area contributed by atoms with Crippen molar-refractivity contribution in [3.05, 3.63) is 88.5 Å². The van der Waals surface area contributed by atoms with Crippen molar-refractivity contribution in [2.24, 2.45) is 0 Å². The molecule has 162 valence electrons. The van der Waals surface area contributed by atoms with Crippen LogP contribution in [0, 0.1) is 17.7 Å². The number of hydrogen-bond acceptors (Lipinski definition) is 7. The number of anilines is 1. The Bertz CT molecular complexity index is 1150. The zero-order valence-electron chi connectivity index (χ0n) is 18.0. The zero-order valence-corrected chi connectivity index (χ0v) is 18.0. The highest BCUT2D eigenvalue weighted by atomic mass is 16.5. The number of nitrogens with zero attached hydrogens (tertiary/aromatic N) is 3. The normalized spacial score (nSPS) is 16.6. The second kappa shape index (κ2) is 8.16. The summed E-state index contributed by atoms with van der Waals surface area (Å²) >= 11 is 0. The first-order chi connectivity index (χ1) is 15.6. The average molecular weight is 428 g/mol. The first-order valence-electron chi connectivity index (χ1n) is 10.7. The van der Waals surface area contributed by atoms with Crippen LogP contribution in [0.4, 0.5) is 5.69 Å². The van der Waals surface area contributed by atoms with Gasteiger partial charge in [0.2, 0.25) is 5.82 Å². The van der Waals surface area contributed by atoms with Crippen LogP contribution in [0.1, 0.15) is 33.8 Å². The van der Waals surface area contributed by atoms with Gasteiger partial charge in [-0.05, 0) is 42.2 Å². The van der Waals surface area contributed by atoms with E-state index in [1.54, 1.807) is 6.20 Å². The van der Waals surface area contributed by atoms with Crippen molar-refractivity contribution in [1.82, 2.24) is 9.97 Å². The van der Waals surface area contributed by atoms with Gasteiger partial charge in [-0.3, -0.25) is 10.8 Å². The third-order valence-electron chi connectivity index (χ3n) is 6.41. The molecule has 32 heavy (non-hydrogen) atoms. The topological polar surface area (TPSA) is 95.2 Å². The van der Waals surface area contributed by atoms with Crippen LogP contribution in [0.25, 0.3) is 0 Å². The Morgan fingerprint density at radius 3 is 2.41 bits per heavy atom. The minimum absolute atomic E-state index is 0.0713. The molecule has 1 aromatic heterocycles. The van der Waals surface area contributed by atoms with E-state index in [9.17, 15) is 0 Å². The summed E-state index contributed by atoms with van der Waals surface area (Å²) < 4.78 is 10.5. The minimum atomic E-state index is -0.214. The molecule has 0 unspecified atom stereocenters. The molecular formula is C25H25N5O2. The first-order valence-corrected chi connectivity index (χ1v) is 10.7. The van der Waals surface area contributed by atoms with Gasteiger partial charge in [-0.2, -0.15) is 0 Å². The molecule has 2 aliphatic heterocycles. The van der Waals surface area contributed by atoms with Crippen LogP contribution < -0.4 is 4.90 Å². The van der Waals surface area contributed by atoms with E-state index in [-0.39, 0.29) is 17.1 Å². The van der Waals surface area contributed by atoms with Gasteiger partial charge in [0.15, 0.2) is 6.40 Å². The minimum Gasteiger partial charge on any atom is -0.425 e. The van der Waals surface area contributed by atoms with Crippen LogP contribution in [0.15, 0.2) is 54.7 Å². The second-order valence-corrected chi connectivity index (χ2v) is 8.39. The first kappa shape index (κ1) is 20.3. The Hall–Kier alpha value is -3.58. The van der Waals surface area contributed by atoms with Crippen LogP contribution in [0.2, 0.25) is 0 Å². The maximum absolute atomic E-state index is 7.83. The van der Waals surface area contributed by atoms with Gasteiger partial charge in [-0.25, -0.2) is 9.97 Å². The molecule has 5 rings (SSSR count). The Labute approximate surface area is 187 Å². The van der Waals surface area contributed by atoms with Crippen LogP contribution in [-0.2, 0) is 27.9 Å². The molecule has 0 spiro atoms. The molecule has 3 aromatic rings. The Morgan fingerprint density at radius 2 is 1.78 bits per heavy atom. The number of ether oxygens (including phenoxy) is 2. The third-order valence-corrected chi connectivity index (χ3v) is 6.41. The van der Waals surface area contributed by atoms with Crippen molar-refractivity contribution in [2.75, 3.05) is 24.7 Å². The molecule has 0 aliphatic carbocycles. The van der Waals surface area contributed by atoms with E-state index in [1.807, 2.05) is 0 Å². The van der Waals surface area contributed by atoms with E-state index < -0.39 is 0 Å². The lowest BCUT2D eigenvalue weighted by atomic mass is 9.73. The van der Waals surface area contributed by atoms with Gasteiger partial charge in [-0.1, -0.05) is 42.0 Å². The SMILES string of the molecule is Cc1ccc(C2(c3ccc(N4CCc5cnc(C(=N)OC=N)nc5C4)cc3)COC2)cc1. The zero-order chi connectivity index (χ0) is 22.1. The van der Waals surface area contributed by atoms with E-state index in [0.717, 1.165) is 36.3 Å². The fourth-order valence-corrected chi connectivity index (χ4v) is 4.41. The number of benzene rings is 2. The number of nitrogens with one attached hydrogen (secondary N) is 2. The summed E-state index contributed by atoms with van der Waals surface area (Å²) in [5.41, 5.74) is 6.89. The van der Waals surface area contributed by atoms with Gasteiger partial charge in [0.1, 0.15) is 0 Å². The standard InChI is InChI=1S/C25H25N5O2/c1-17-2-4-19(5-3-17)25(14-31-15-25)20-6-8-21(9-7-20)30-11-10-18-12-28-24(23(27)32-16-26)29-22(18)13-30/h2-9,12,16,26-27H,10-11,13-15H2,1H3. The largest absolute Gasteiger partial charge is 0.425 e. The third kappa shape index (κ3) is 3.54. The second-order valence-electron chi connectivity index (χ2n) is 8.39. The molecule has 0 radical (unpaired) electrons. The summed E-state index contributed by atoms with van der Waals surface area (Å²) in [5, 5.41) is 14.8. The average Bonchev–Trinajstić information content (AvgIpc) is 2.79. The highest BCUT2D eigenvalue weighted by Gasteiger charge is 2.42.